The van der Waals surface area contributed by atoms with E-state index < -0.39 is 4.92 Å². The van der Waals surface area contributed by atoms with Crippen molar-refractivity contribution in [2.45, 2.75) is 17.0 Å². The van der Waals surface area contributed by atoms with Crippen LogP contribution in [0.25, 0.3) is 33.2 Å². The maximum atomic E-state index is 11.6. The van der Waals surface area contributed by atoms with Crippen molar-refractivity contribution < 1.29 is 4.92 Å². The van der Waals surface area contributed by atoms with Gasteiger partial charge in [0.15, 0.2) is 5.03 Å². The van der Waals surface area contributed by atoms with Gasteiger partial charge < -0.3 is 0 Å². The molecular formula is C28H18N4O2S. The third-order valence-corrected chi connectivity index (χ3v) is 6.63. The third-order valence-electron chi connectivity index (χ3n) is 5.63. The number of hydrogen-bond donors (Lipinski definition) is 0. The summed E-state index contributed by atoms with van der Waals surface area (Å²) in [5.41, 5.74) is 4.47. The van der Waals surface area contributed by atoms with Gasteiger partial charge in [-0.05, 0) is 47.2 Å². The zero-order valence-corrected chi connectivity index (χ0v) is 19.5. The molecular weight excluding hydrogens is 456 g/mol. The van der Waals surface area contributed by atoms with Crippen LogP contribution >= 0.6 is 11.8 Å². The molecule has 0 aliphatic carbocycles. The van der Waals surface area contributed by atoms with Gasteiger partial charge in [-0.3, -0.25) is 10.1 Å². The summed E-state index contributed by atoms with van der Waals surface area (Å²) >= 11 is 1.03. The van der Waals surface area contributed by atoms with Crippen LogP contribution in [0.5, 0.6) is 0 Å². The summed E-state index contributed by atoms with van der Waals surface area (Å²) < 4.78 is 0. The Morgan fingerprint density at radius 3 is 2.51 bits per heavy atom. The fourth-order valence-electron chi connectivity index (χ4n) is 4.02. The molecule has 0 saturated heterocycles. The van der Waals surface area contributed by atoms with Crippen LogP contribution in [0.3, 0.4) is 0 Å². The number of nitro groups is 1. The Hall–Kier alpha value is -4.54. The maximum absolute atomic E-state index is 11.6. The first-order valence-electron chi connectivity index (χ1n) is 10.8. The van der Waals surface area contributed by atoms with E-state index in [1.54, 1.807) is 0 Å². The Morgan fingerprint density at radius 1 is 0.914 bits per heavy atom. The summed E-state index contributed by atoms with van der Waals surface area (Å²) in [4.78, 5) is 20.2. The molecule has 0 aliphatic rings. The molecule has 0 saturated carbocycles. The van der Waals surface area contributed by atoms with Crippen molar-refractivity contribution in [1.82, 2.24) is 9.97 Å². The topological polar surface area (TPSA) is 92.7 Å². The van der Waals surface area contributed by atoms with Crippen LogP contribution in [-0.2, 0) is 0 Å². The van der Waals surface area contributed by atoms with E-state index in [9.17, 15) is 15.4 Å². The first kappa shape index (κ1) is 22.3. The van der Waals surface area contributed by atoms with Gasteiger partial charge in [0, 0.05) is 23.4 Å². The molecule has 3 aromatic carbocycles. The number of nitriles is 1. The van der Waals surface area contributed by atoms with Gasteiger partial charge in [0.25, 0.3) is 0 Å². The van der Waals surface area contributed by atoms with Crippen LogP contribution in [0, 0.1) is 28.4 Å². The van der Waals surface area contributed by atoms with Crippen molar-refractivity contribution in [3.63, 3.8) is 0 Å². The van der Waals surface area contributed by atoms with E-state index in [-0.39, 0.29) is 10.7 Å². The van der Waals surface area contributed by atoms with Crippen molar-refractivity contribution in [3.05, 3.63) is 112 Å². The zero-order valence-electron chi connectivity index (χ0n) is 18.7. The molecule has 6 nitrogen and oxygen atoms in total. The molecule has 2 aromatic heterocycles. The predicted octanol–water partition coefficient (Wildman–Crippen LogP) is 7.20. The fourth-order valence-corrected chi connectivity index (χ4v) is 4.97. The molecule has 0 amide bonds. The van der Waals surface area contributed by atoms with Gasteiger partial charge >= 0.3 is 5.69 Å². The van der Waals surface area contributed by atoms with Crippen molar-refractivity contribution >= 4 is 28.2 Å². The monoisotopic (exact) mass is 474 g/mol. The second-order valence-electron chi connectivity index (χ2n) is 7.93. The highest BCUT2D eigenvalue weighted by Crippen LogP contribution is 2.40. The van der Waals surface area contributed by atoms with E-state index in [0.717, 1.165) is 44.8 Å². The first-order valence-corrected chi connectivity index (χ1v) is 11.6. The molecule has 0 fully saturated rings. The Labute approximate surface area is 206 Å². The second-order valence-corrected chi connectivity index (χ2v) is 8.91. The summed E-state index contributed by atoms with van der Waals surface area (Å²) in [6, 6.07) is 29.1. The molecule has 0 unspecified atom stereocenters. The highest BCUT2D eigenvalue weighted by molar-refractivity contribution is 7.99. The van der Waals surface area contributed by atoms with Gasteiger partial charge in [-0.25, -0.2) is 9.97 Å². The van der Waals surface area contributed by atoms with Crippen LogP contribution in [0.15, 0.2) is 101 Å². The number of fused-ring (bicyclic) bond motifs is 1. The quantitative estimate of drug-likeness (QED) is 0.197. The molecule has 0 radical (unpaired) electrons. The Morgan fingerprint density at radius 2 is 1.71 bits per heavy atom. The van der Waals surface area contributed by atoms with Crippen LogP contribution < -0.4 is 0 Å². The number of hydrogen-bond acceptors (Lipinski definition) is 6. The van der Waals surface area contributed by atoms with Crippen molar-refractivity contribution in [1.29, 1.82) is 5.26 Å². The van der Waals surface area contributed by atoms with Crippen LogP contribution in [0.2, 0.25) is 0 Å². The molecule has 2 heterocycles. The number of nitrogens with zero attached hydrogens (tertiary/aromatic N) is 4. The van der Waals surface area contributed by atoms with E-state index in [4.69, 9.17) is 4.98 Å². The highest BCUT2D eigenvalue weighted by atomic mass is 32.2. The van der Waals surface area contributed by atoms with Gasteiger partial charge in [0.2, 0.25) is 0 Å². The summed E-state index contributed by atoms with van der Waals surface area (Å²) in [6.07, 6.45) is 1.50. The molecule has 0 spiro atoms. The summed E-state index contributed by atoms with van der Waals surface area (Å²) in [7, 11) is 0. The van der Waals surface area contributed by atoms with Crippen molar-refractivity contribution in [2.24, 2.45) is 0 Å². The molecule has 0 N–H and O–H groups in total. The number of aromatic nitrogens is 2. The number of aryl methyl sites for hydroxylation is 1. The zero-order chi connectivity index (χ0) is 24.4. The minimum absolute atomic E-state index is 0.129. The number of rotatable bonds is 5. The van der Waals surface area contributed by atoms with E-state index in [1.165, 1.54) is 18.3 Å². The maximum Gasteiger partial charge on any atom is 0.301 e. The lowest BCUT2D eigenvalue weighted by Crippen LogP contribution is -1.98. The van der Waals surface area contributed by atoms with Gasteiger partial charge in [-0.1, -0.05) is 72.3 Å². The standard InChI is InChI=1S/C28H18N4O2S/c1-18-7-4-10-20(15-18)23-16-25(22-12-5-9-19-8-2-3-11-21(19)22)31-27(24(23)17-29)35-28-26(32(33)34)13-6-14-30-28/h2-16H,1H3. The predicted molar refractivity (Wildman–Crippen MR) is 137 cm³/mol. The van der Waals surface area contributed by atoms with Gasteiger partial charge in [-0.15, -0.1) is 0 Å². The minimum atomic E-state index is -0.475. The lowest BCUT2D eigenvalue weighted by molar-refractivity contribution is -0.388. The molecule has 5 rings (SSSR count). The molecule has 0 aliphatic heterocycles. The highest BCUT2D eigenvalue weighted by Gasteiger charge is 2.22. The SMILES string of the molecule is Cc1cccc(-c2cc(-c3cccc4ccccc34)nc(Sc3ncccc3[N+](=O)[O-])c2C#N)c1. The Bertz CT molecular complexity index is 1640. The third kappa shape index (κ3) is 4.35. The largest absolute Gasteiger partial charge is 0.301 e. The van der Waals surface area contributed by atoms with Gasteiger partial charge in [0.05, 0.1) is 16.2 Å². The molecule has 5 aromatic rings. The van der Waals surface area contributed by atoms with E-state index in [2.05, 4.69) is 11.1 Å². The first-order chi connectivity index (χ1) is 17.0. The van der Waals surface area contributed by atoms with Gasteiger partial charge in [0.1, 0.15) is 11.1 Å². The summed E-state index contributed by atoms with van der Waals surface area (Å²) in [5, 5.41) is 24.4. The lowest BCUT2D eigenvalue weighted by atomic mass is 9.96. The summed E-state index contributed by atoms with van der Waals surface area (Å²) in [6.45, 7) is 2.00. The van der Waals surface area contributed by atoms with Crippen molar-refractivity contribution in [3.8, 4) is 28.5 Å². The van der Waals surface area contributed by atoms with Gasteiger partial charge in [-0.2, -0.15) is 5.26 Å². The number of pyridine rings is 2. The van der Waals surface area contributed by atoms with Crippen LogP contribution in [0.4, 0.5) is 5.69 Å². The smallest absolute Gasteiger partial charge is 0.258 e. The minimum Gasteiger partial charge on any atom is -0.258 e. The molecule has 0 bridgehead atoms. The van der Waals surface area contributed by atoms with Crippen molar-refractivity contribution in [2.75, 3.05) is 0 Å². The lowest BCUT2D eigenvalue weighted by Gasteiger charge is -2.14. The fraction of sp³-hybridized carbons (Fsp3) is 0.0357. The summed E-state index contributed by atoms with van der Waals surface area (Å²) in [5.74, 6) is 0. The van der Waals surface area contributed by atoms with E-state index >= 15 is 0 Å². The molecule has 35 heavy (non-hydrogen) atoms. The molecule has 7 heteroatoms. The normalized spacial score (nSPS) is 10.7. The number of benzene rings is 3. The van der Waals surface area contributed by atoms with E-state index in [1.807, 2.05) is 79.7 Å². The molecule has 168 valence electrons. The second kappa shape index (κ2) is 9.37. The van der Waals surface area contributed by atoms with Crippen LogP contribution in [-0.4, -0.2) is 14.9 Å². The Kier molecular flexibility index (Phi) is 5.96. The average Bonchev–Trinajstić information content (AvgIpc) is 2.88. The molecule has 0 atom stereocenters. The Balaban J connectivity index is 1.79. The van der Waals surface area contributed by atoms with E-state index in [0.29, 0.717) is 16.3 Å². The van der Waals surface area contributed by atoms with Crippen LogP contribution in [0.1, 0.15) is 11.1 Å². The average molecular weight is 475 g/mol.